The Balaban J connectivity index is 1.92. The maximum atomic E-state index is 13.8. The molecular weight excluding hydrogens is 578 g/mol. The maximum absolute atomic E-state index is 13.8. The Kier molecular flexibility index (Phi) is 8.59. The van der Waals surface area contributed by atoms with E-state index in [0.29, 0.717) is 22.4 Å². The molecule has 1 aliphatic rings. The van der Waals surface area contributed by atoms with Gasteiger partial charge < -0.3 is 19.3 Å². The summed E-state index contributed by atoms with van der Waals surface area (Å²) in [4.78, 5) is 53.7. The molecule has 0 spiro atoms. The highest BCUT2D eigenvalue weighted by molar-refractivity contribution is 7.07. The van der Waals surface area contributed by atoms with Crippen molar-refractivity contribution < 1.29 is 33.8 Å². The molecule has 0 radical (unpaired) electrons. The second-order valence-corrected chi connectivity index (χ2v) is 10.2. The number of nitrogens with zero attached hydrogens (tertiary/aromatic N) is 3. The molecule has 4 rings (SSSR count). The number of aromatic nitrogens is 1. The molecule has 12 nitrogen and oxygen atoms in total. The van der Waals surface area contributed by atoms with Gasteiger partial charge in [-0.05, 0) is 50.1 Å². The molecule has 214 valence electrons. The van der Waals surface area contributed by atoms with Crippen molar-refractivity contribution in [1.29, 1.82) is 0 Å². The number of methoxy groups -OCH3 is 1. The van der Waals surface area contributed by atoms with Crippen molar-refractivity contribution >= 4 is 46.6 Å². The first-order valence-corrected chi connectivity index (χ1v) is 13.3. The zero-order valence-corrected chi connectivity index (χ0v) is 23.9. The fourth-order valence-electron chi connectivity index (χ4n) is 4.35. The number of carbonyl (C=O) groups is 2. The molecule has 2 aromatic carbocycles. The molecule has 0 fully saturated rings. The standard InChI is InChI=1S/C27H24ClN3O9S/c1-5-39-26(35)22-14(3)29-27-30(23(22)16-7-6-13(2)18(11-16)31(36)37)25(34)20(41-27)10-15-8-17(28)24(19(9-15)38-4)40-12-21(32)33/h6-11,23H,5,12H2,1-4H3,(H,32,33). The van der Waals surface area contributed by atoms with Gasteiger partial charge in [-0.15, -0.1) is 0 Å². The van der Waals surface area contributed by atoms with E-state index in [2.05, 4.69) is 4.99 Å². The smallest absolute Gasteiger partial charge is 0.341 e. The Morgan fingerprint density at radius 3 is 2.63 bits per heavy atom. The number of nitro benzene ring substituents is 1. The van der Waals surface area contributed by atoms with Gasteiger partial charge in [0.25, 0.3) is 11.2 Å². The number of nitro groups is 1. The van der Waals surface area contributed by atoms with Gasteiger partial charge in [-0.25, -0.2) is 14.6 Å². The number of carboxylic acids is 1. The van der Waals surface area contributed by atoms with Gasteiger partial charge in [0.15, 0.2) is 22.9 Å². The van der Waals surface area contributed by atoms with Crippen LogP contribution in [0.3, 0.4) is 0 Å². The van der Waals surface area contributed by atoms with E-state index in [4.69, 9.17) is 30.9 Å². The summed E-state index contributed by atoms with van der Waals surface area (Å²) in [5.41, 5.74) is 0.960. The lowest BCUT2D eigenvalue weighted by molar-refractivity contribution is -0.385. The summed E-state index contributed by atoms with van der Waals surface area (Å²) in [6.45, 7) is 4.30. The Morgan fingerprint density at radius 2 is 2.00 bits per heavy atom. The number of aliphatic carboxylic acids is 1. The molecule has 1 atom stereocenters. The zero-order valence-electron chi connectivity index (χ0n) is 22.3. The number of allylic oxidation sites excluding steroid dienone is 1. The highest BCUT2D eigenvalue weighted by Crippen LogP contribution is 2.37. The molecule has 1 aromatic heterocycles. The van der Waals surface area contributed by atoms with Gasteiger partial charge in [-0.2, -0.15) is 0 Å². The number of hydrogen-bond acceptors (Lipinski definition) is 10. The fourth-order valence-corrected chi connectivity index (χ4v) is 5.67. The van der Waals surface area contributed by atoms with Crippen molar-refractivity contribution in [2.75, 3.05) is 20.3 Å². The number of fused-ring (bicyclic) bond motifs is 1. The SMILES string of the molecule is CCOC(=O)C1=C(C)N=c2sc(=Cc3cc(Cl)c(OCC(=O)O)c(OC)c3)c(=O)n2C1c1ccc(C)c([N+](=O)[O-])c1. The summed E-state index contributed by atoms with van der Waals surface area (Å²) in [5, 5.41) is 20.7. The summed E-state index contributed by atoms with van der Waals surface area (Å²) < 4.78 is 17.3. The number of hydrogen-bond donors (Lipinski definition) is 1. The molecular formula is C27H24ClN3O9S. The van der Waals surface area contributed by atoms with Gasteiger partial charge >= 0.3 is 11.9 Å². The van der Waals surface area contributed by atoms with Crippen LogP contribution in [0.4, 0.5) is 5.69 Å². The van der Waals surface area contributed by atoms with Gasteiger partial charge in [0.2, 0.25) is 0 Å². The molecule has 1 N–H and O–H groups in total. The first kappa shape index (κ1) is 29.5. The minimum absolute atomic E-state index is 0.0332. The number of halogens is 1. The monoisotopic (exact) mass is 601 g/mol. The van der Waals surface area contributed by atoms with Crippen molar-refractivity contribution in [3.63, 3.8) is 0 Å². The fraction of sp³-hybridized carbons (Fsp3) is 0.259. The summed E-state index contributed by atoms with van der Waals surface area (Å²) in [7, 11) is 1.36. The lowest BCUT2D eigenvalue weighted by atomic mass is 9.94. The van der Waals surface area contributed by atoms with E-state index in [1.165, 1.54) is 36.0 Å². The highest BCUT2D eigenvalue weighted by atomic mass is 35.5. The normalized spacial score (nSPS) is 14.8. The van der Waals surface area contributed by atoms with Crippen LogP contribution in [0.1, 0.15) is 36.6 Å². The number of carboxylic acid groups (broad SMARTS) is 1. The molecule has 0 aliphatic carbocycles. The highest BCUT2D eigenvalue weighted by Gasteiger charge is 2.34. The van der Waals surface area contributed by atoms with Crippen molar-refractivity contribution in [3.8, 4) is 11.5 Å². The first-order valence-electron chi connectivity index (χ1n) is 12.1. The molecule has 1 unspecified atom stereocenters. The number of thiazole rings is 1. The van der Waals surface area contributed by atoms with E-state index in [1.807, 2.05) is 0 Å². The number of benzene rings is 2. The summed E-state index contributed by atoms with van der Waals surface area (Å²) in [6, 6.07) is 6.51. The lowest BCUT2D eigenvalue weighted by Crippen LogP contribution is -2.40. The summed E-state index contributed by atoms with van der Waals surface area (Å²) in [5.74, 6) is -1.70. The van der Waals surface area contributed by atoms with Crippen LogP contribution in [0.15, 0.2) is 51.4 Å². The molecule has 41 heavy (non-hydrogen) atoms. The van der Waals surface area contributed by atoms with Crippen LogP contribution in [0, 0.1) is 17.0 Å². The van der Waals surface area contributed by atoms with Crippen LogP contribution in [0.2, 0.25) is 5.02 Å². The van der Waals surface area contributed by atoms with Crippen molar-refractivity contribution in [1.82, 2.24) is 4.57 Å². The average molecular weight is 602 g/mol. The molecule has 0 saturated carbocycles. The topological polar surface area (TPSA) is 160 Å². The predicted octanol–water partition coefficient (Wildman–Crippen LogP) is 3.14. The predicted molar refractivity (Wildman–Crippen MR) is 149 cm³/mol. The zero-order chi connectivity index (χ0) is 30.0. The third-order valence-electron chi connectivity index (χ3n) is 6.15. The molecule has 0 bridgehead atoms. The van der Waals surface area contributed by atoms with E-state index >= 15 is 0 Å². The van der Waals surface area contributed by atoms with E-state index in [1.54, 1.807) is 32.9 Å². The van der Waals surface area contributed by atoms with Crippen molar-refractivity contribution in [2.45, 2.75) is 26.8 Å². The molecule has 3 aromatic rings. The van der Waals surface area contributed by atoms with Crippen molar-refractivity contribution in [3.05, 3.63) is 93.1 Å². The molecule has 0 saturated heterocycles. The van der Waals surface area contributed by atoms with Gasteiger partial charge in [-0.1, -0.05) is 35.1 Å². The Labute approximate surface area is 241 Å². The third-order valence-corrected chi connectivity index (χ3v) is 7.42. The van der Waals surface area contributed by atoms with E-state index < -0.39 is 35.1 Å². The molecule has 1 aliphatic heterocycles. The summed E-state index contributed by atoms with van der Waals surface area (Å²) >= 11 is 7.39. The second kappa shape index (κ2) is 11.9. The largest absolute Gasteiger partial charge is 0.493 e. The third kappa shape index (κ3) is 5.86. The van der Waals surface area contributed by atoms with Crippen LogP contribution >= 0.6 is 22.9 Å². The Morgan fingerprint density at radius 1 is 1.27 bits per heavy atom. The quantitative estimate of drug-likeness (QED) is 0.221. The number of ether oxygens (including phenoxy) is 3. The number of carbonyl (C=O) groups excluding carboxylic acids is 1. The van der Waals surface area contributed by atoms with E-state index in [0.717, 1.165) is 11.3 Å². The van der Waals surface area contributed by atoms with Crippen LogP contribution in [0.5, 0.6) is 11.5 Å². The molecule has 14 heteroatoms. The molecule has 2 heterocycles. The van der Waals surface area contributed by atoms with Crippen LogP contribution in [0.25, 0.3) is 6.08 Å². The Hall–Kier alpha value is -4.49. The minimum atomic E-state index is -1.20. The Bertz CT molecular complexity index is 1790. The molecule has 0 amide bonds. The van der Waals surface area contributed by atoms with Gasteiger partial charge in [0.1, 0.15) is 0 Å². The van der Waals surface area contributed by atoms with Crippen molar-refractivity contribution in [2.24, 2.45) is 4.99 Å². The lowest BCUT2D eigenvalue weighted by Gasteiger charge is -2.24. The van der Waals surface area contributed by atoms with Crippen LogP contribution in [-0.4, -0.2) is 46.9 Å². The number of esters is 1. The average Bonchev–Trinajstić information content (AvgIpc) is 3.21. The summed E-state index contributed by atoms with van der Waals surface area (Å²) in [6.07, 6.45) is 1.54. The minimum Gasteiger partial charge on any atom is -0.493 e. The van der Waals surface area contributed by atoms with E-state index in [-0.39, 0.29) is 43.7 Å². The van der Waals surface area contributed by atoms with Crippen LogP contribution in [-0.2, 0) is 14.3 Å². The first-order chi connectivity index (χ1) is 19.5. The van der Waals surface area contributed by atoms with E-state index in [9.17, 15) is 24.5 Å². The maximum Gasteiger partial charge on any atom is 0.341 e. The van der Waals surface area contributed by atoms with Gasteiger partial charge in [0.05, 0.1) is 45.5 Å². The number of aryl methyl sites for hydroxylation is 1. The van der Waals surface area contributed by atoms with Crippen LogP contribution < -0.4 is 24.4 Å². The second-order valence-electron chi connectivity index (χ2n) is 8.82. The van der Waals surface area contributed by atoms with Gasteiger partial charge in [-0.3, -0.25) is 19.5 Å². The number of rotatable bonds is 9. The van der Waals surface area contributed by atoms with Gasteiger partial charge in [0, 0.05) is 11.6 Å².